The molecule has 0 atom stereocenters. The Morgan fingerprint density at radius 1 is 1.08 bits per heavy atom. The number of carbonyl (C=O) groups is 1. The zero-order chi connectivity index (χ0) is 18.2. The van der Waals surface area contributed by atoms with Crippen molar-refractivity contribution in [3.8, 4) is 0 Å². The second-order valence-electron chi connectivity index (χ2n) is 6.56. The van der Waals surface area contributed by atoms with Gasteiger partial charge < -0.3 is 9.80 Å². The maximum atomic E-state index is 12.9. The van der Waals surface area contributed by atoms with Crippen molar-refractivity contribution in [3.63, 3.8) is 0 Å². The summed E-state index contributed by atoms with van der Waals surface area (Å²) >= 11 is 0. The molecule has 0 fully saturated rings. The van der Waals surface area contributed by atoms with E-state index in [1.807, 2.05) is 62.2 Å². The number of amides is 1. The maximum Gasteiger partial charge on any atom is 0.274 e. The van der Waals surface area contributed by atoms with Crippen LogP contribution in [0.25, 0.3) is 0 Å². The molecular formula is C20H28N4O. The van der Waals surface area contributed by atoms with Gasteiger partial charge in [0.1, 0.15) is 0 Å². The van der Waals surface area contributed by atoms with Crippen molar-refractivity contribution in [2.45, 2.75) is 46.2 Å². The van der Waals surface area contributed by atoms with Crippen LogP contribution in [0.3, 0.4) is 0 Å². The van der Waals surface area contributed by atoms with E-state index in [0.29, 0.717) is 12.2 Å². The monoisotopic (exact) mass is 340 g/mol. The molecule has 0 aliphatic rings. The third-order valence-corrected chi connectivity index (χ3v) is 4.19. The summed E-state index contributed by atoms with van der Waals surface area (Å²) in [5.74, 6) is 0.707. The molecular weight excluding hydrogens is 312 g/mol. The number of rotatable bonds is 8. The Balaban J connectivity index is 2.11. The predicted octanol–water partition coefficient (Wildman–Crippen LogP) is 3.76. The molecule has 5 heteroatoms. The number of hydrogen-bond donors (Lipinski definition) is 0. The van der Waals surface area contributed by atoms with Crippen LogP contribution < -0.4 is 4.90 Å². The van der Waals surface area contributed by atoms with Crippen LogP contribution in [0.5, 0.6) is 0 Å². The van der Waals surface area contributed by atoms with Gasteiger partial charge in [0.15, 0.2) is 11.5 Å². The highest BCUT2D eigenvalue weighted by molar-refractivity contribution is 5.92. The van der Waals surface area contributed by atoms with E-state index in [1.165, 1.54) is 0 Å². The van der Waals surface area contributed by atoms with Crippen molar-refractivity contribution in [2.75, 3.05) is 18.5 Å². The van der Waals surface area contributed by atoms with Crippen LogP contribution in [-0.4, -0.2) is 40.6 Å². The highest BCUT2D eigenvalue weighted by Gasteiger charge is 2.21. The molecule has 1 heterocycles. The summed E-state index contributed by atoms with van der Waals surface area (Å²) < 4.78 is 0. The summed E-state index contributed by atoms with van der Waals surface area (Å²) in [5, 5.41) is 8.40. The van der Waals surface area contributed by atoms with Crippen LogP contribution in [0.15, 0.2) is 42.5 Å². The van der Waals surface area contributed by atoms with Crippen molar-refractivity contribution < 1.29 is 4.79 Å². The molecule has 0 radical (unpaired) electrons. The predicted molar refractivity (Wildman–Crippen MR) is 102 cm³/mol. The van der Waals surface area contributed by atoms with E-state index in [9.17, 15) is 4.79 Å². The minimum Gasteiger partial charge on any atom is -0.358 e. The van der Waals surface area contributed by atoms with E-state index in [1.54, 1.807) is 6.07 Å². The molecule has 0 aliphatic heterocycles. The molecule has 134 valence electrons. The topological polar surface area (TPSA) is 49.3 Å². The molecule has 2 aromatic rings. The normalized spacial score (nSPS) is 10.8. The van der Waals surface area contributed by atoms with Crippen LogP contribution in [0.4, 0.5) is 5.82 Å². The molecule has 2 rings (SSSR count). The molecule has 0 saturated carbocycles. The van der Waals surface area contributed by atoms with Crippen LogP contribution in [0, 0.1) is 0 Å². The van der Waals surface area contributed by atoms with Gasteiger partial charge >= 0.3 is 0 Å². The molecule has 25 heavy (non-hydrogen) atoms. The summed E-state index contributed by atoms with van der Waals surface area (Å²) in [6, 6.07) is 13.7. The average molecular weight is 340 g/mol. The van der Waals surface area contributed by atoms with Crippen LogP contribution >= 0.6 is 0 Å². The Labute approximate surface area is 150 Å². The first-order chi connectivity index (χ1) is 12.0. The van der Waals surface area contributed by atoms with Gasteiger partial charge in [-0.2, -0.15) is 0 Å². The molecule has 0 aliphatic carbocycles. The van der Waals surface area contributed by atoms with E-state index in [-0.39, 0.29) is 11.9 Å². The third kappa shape index (κ3) is 5.28. The lowest BCUT2D eigenvalue weighted by atomic mass is 10.1. The number of anilines is 1. The molecule has 0 unspecified atom stereocenters. The maximum absolute atomic E-state index is 12.9. The molecule has 1 aromatic carbocycles. The minimum atomic E-state index is -0.0888. The Kier molecular flexibility index (Phi) is 6.92. The van der Waals surface area contributed by atoms with Gasteiger partial charge in [-0.05, 0) is 38.0 Å². The fourth-order valence-electron chi connectivity index (χ4n) is 2.57. The van der Waals surface area contributed by atoms with Crippen LogP contribution in [-0.2, 0) is 6.54 Å². The number of carbonyl (C=O) groups excluding carboxylic acids is 1. The molecule has 0 spiro atoms. The highest BCUT2D eigenvalue weighted by Crippen LogP contribution is 2.14. The van der Waals surface area contributed by atoms with Gasteiger partial charge in [0.05, 0.1) is 0 Å². The number of aromatic nitrogens is 2. The minimum absolute atomic E-state index is 0.0846. The van der Waals surface area contributed by atoms with Crippen molar-refractivity contribution in [2.24, 2.45) is 0 Å². The van der Waals surface area contributed by atoms with Crippen molar-refractivity contribution in [3.05, 3.63) is 53.7 Å². The first-order valence-corrected chi connectivity index (χ1v) is 8.92. The van der Waals surface area contributed by atoms with Gasteiger partial charge in [0.2, 0.25) is 0 Å². The molecule has 1 amide bonds. The lowest BCUT2D eigenvalue weighted by Crippen LogP contribution is -2.37. The first-order valence-electron chi connectivity index (χ1n) is 8.92. The standard InChI is InChI=1S/C20H28N4O/c1-5-6-14-23(4)19-13-12-18(21-22-19)20(25)24(16(2)3)15-17-10-8-7-9-11-17/h7-13,16H,5-6,14-15H2,1-4H3. The quantitative estimate of drug-likeness (QED) is 0.734. The van der Waals surface area contributed by atoms with E-state index in [0.717, 1.165) is 30.8 Å². The Bertz CT molecular complexity index is 655. The van der Waals surface area contributed by atoms with Gasteiger partial charge in [0, 0.05) is 26.2 Å². The number of nitrogens with zero attached hydrogens (tertiary/aromatic N) is 4. The second kappa shape index (κ2) is 9.16. The third-order valence-electron chi connectivity index (χ3n) is 4.19. The zero-order valence-electron chi connectivity index (χ0n) is 15.6. The van der Waals surface area contributed by atoms with Gasteiger partial charge in [-0.25, -0.2) is 0 Å². The lowest BCUT2D eigenvalue weighted by molar-refractivity contribution is 0.0683. The molecule has 1 aromatic heterocycles. The molecule has 0 bridgehead atoms. The van der Waals surface area contributed by atoms with E-state index in [2.05, 4.69) is 22.0 Å². The summed E-state index contributed by atoms with van der Waals surface area (Å²) in [6.45, 7) is 7.69. The molecule has 5 nitrogen and oxygen atoms in total. The highest BCUT2D eigenvalue weighted by atomic mass is 16.2. The van der Waals surface area contributed by atoms with Crippen molar-refractivity contribution >= 4 is 11.7 Å². The molecule has 0 N–H and O–H groups in total. The summed E-state index contributed by atoms with van der Waals surface area (Å²) in [6.07, 6.45) is 2.24. The Morgan fingerprint density at radius 3 is 2.36 bits per heavy atom. The number of hydrogen-bond acceptors (Lipinski definition) is 4. The average Bonchev–Trinajstić information content (AvgIpc) is 2.64. The van der Waals surface area contributed by atoms with Crippen LogP contribution in [0.1, 0.15) is 49.7 Å². The van der Waals surface area contributed by atoms with Gasteiger partial charge in [0.25, 0.3) is 5.91 Å². The van der Waals surface area contributed by atoms with Gasteiger partial charge in [-0.3, -0.25) is 4.79 Å². The summed E-state index contributed by atoms with van der Waals surface area (Å²) in [5.41, 5.74) is 1.49. The fourth-order valence-corrected chi connectivity index (χ4v) is 2.57. The largest absolute Gasteiger partial charge is 0.358 e. The Morgan fingerprint density at radius 2 is 1.80 bits per heavy atom. The van der Waals surface area contributed by atoms with Gasteiger partial charge in [-0.1, -0.05) is 43.7 Å². The zero-order valence-corrected chi connectivity index (χ0v) is 15.6. The number of unbranched alkanes of at least 4 members (excludes halogenated alkanes) is 1. The second-order valence-corrected chi connectivity index (χ2v) is 6.56. The summed E-state index contributed by atoms with van der Waals surface area (Å²) in [7, 11) is 2.00. The van der Waals surface area contributed by atoms with E-state index >= 15 is 0 Å². The van der Waals surface area contributed by atoms with Gasteiger partial charge in [-0.15, -0.1) is 10.2 Å². The van der Waals surface area contributed by atoms with Crippen LogP contribution in [0.2, 0.25) is 0 Å². The Hall–Kier alpha value is -2.43. The van der Waals surface area contributed by atoms with Crippen molar-refractivity contribution in [1.29, 1.82) is 0 Å². The smallest absolute Gasteiger partial charge is 0.274 e. The summed E-state index contributed by atoms with van der Waals surface area (Å²) in [4.78, 5) is 16.7. The lowest BCUT2D eigenvalue weighted by Gasteiger charge is -2.26. The fraction of sp³-hybridized carbons (Fsp3) is 0.450. The van der Waals surface area contributed by atoms with E-state index < -0.39 is 0 Å². The van der Waals surface area contributed by atoms with E-state index in [4.69, 9.17) is 0 Å². The number of benzene rings is 1. The van der Waals surface area contributed by atoms with Crippen molar-refractivity contribution in [1.82, 2.24) is 15.1 Å². The first kappa shape index (κ1) is 18.9. The SMILES string of the molecule is CCCCN(C)c1ccc(C(=O)N(Cc2ccccc2)C(C)C)nn1. The molecule has 0 saturated heterocycles.